The molecule has 0 amide bonds. The van der Waals surface area contributed by atoms with Crippen molar-refractivity contribution in [2.45, 2.75) is 39.7 Å². The highest BCUT2D eigenvalue weighted by Gasteiger charge is 2.19. The first-order valence-corrected chi connectivity index (χ1v) is 7.14. The summed E-state index contributed by atoms with van der Waals surface area (Å²) in [6.07, 6.45) is 3.60. The molecule has 0 saturated carbocycles. The Kier molecular flexibility index (Phi) is 4.73. The Morgan fingerprint density at radius 3 is 2.67 bits per heavy atom. The summed E-state index contributed by atoms with van der Waals surface area (Å²) in [7, 11) is 0. The number of nitrogens with zero attached hydrogens (tertiary/aromatic N) is 3. The number of pyridine rings is 1. The predicted molar refractivity (Wildman–Crippen MR) is 83.5 cm³/mol. The van der Waals surface area contributed by atoms with Crippen molar-refractivity contribution in [1.29, 1.82) is 0 Å². The molecule has 0 aliphatic rings. The third-order valence-electron chi connectivity index (χ3n) is 2.86. The molecular weight excluding hydrogens is 264 g/mol. The van der Waals surface area contributed by atoms with Gasteiger partial charge in [0.2, 0.25) is 5.88 Å². The summed E-state index contributed by atoms with van der Waals surface area (Å²) in [4.78, 5) is 13.1. The van der Waals surface area contributed by atoms with Crippen LogP contribution in [0.25, 0.3) is 0 Å². The summed E-state index contributed by atoms with van der Waals surface area (Å²) in [6.45, 7) is 9.46. The molecule has 2 rings (SSSR count). The Morgan fingerprint density at radius 1 is 1.24 bits per heavy atom. The molecule has 0 spiro atoms. The molecule has 0 aliphatic carbocycles. The fourth-order valence-electron chi connectivity index (χ4n) is 1.77. The summed E-state index contributed by atoms with van der Waals surface area (Å²) in [5, 5.41) is 3.30. The molecule has 112 valence electrons. The van der Waals surface area contributed by atoms with Gasteiger partial charge in [0.15, 0.2) is 0 Å². The number of rotatable bonds is 5. The molecule has 0 unspecified atom stereocenters. The zero-order valence-corrected chi connectivity index (χ0v) is 13.1. The fraction of sp³-hybridized carbons (Fsp3) is 0.438. The lowest BCUT2D eigenvalue weighted by Gasteiger charge is -2.18. The molecule has 0 radical (unpaired) electrons. The van der Waals surface area contributed by atoms with Gasteiger partial charge in [-0.05, 0) is 18.6 Å². The Balaban J connectivity index is 2.19. The van der Waals surface area contributed by atoms with E-state index in [0.29, 0.717) is 19.0 Å². The van der Waals surface area contributed by atoms with Crippen LogP contribution >= 0.6 is 0 Å². The first-order valence-electron chi connectivity index (χ1n) is 7.14. The molecule has 2 aromatic heterocycles. The minimum Gasteiger partial charge on any atom is -0.478 e. The van der Waals surface area contributed by atoms with E-state index in [2.05, 4.69) is 41.0 Å². The molecule has 0 bridgehead atoms. The molecule has 5 heteroatoms. The van der Waals surface area contributed by atoms with Gasteiger partial charge in [-0.15, -0.1) is 0 Å². The Bertz CT molecular complexity index is 579. The summed E-state index contributed by atoms with van der Waals surface area (Å²) >= 11 is 0. The Labute approximate surface area is 125 Å². The summed E-state index contributed by atoms with van der Waals surface area (Å²) in [5.41, 5.74) is 0.976. The number of ether oxygens (including phenoxy) is 1. The highest BCUT2D eigenvalue weighted by atomic mass is 16.5. The van der Waals surface area contributed by atoms with Crippen LogP contribution in [-0.2, 0) is 12.0 Å². The van der Waals surface area contributed by atoms with Gasteiger partial charge >= 0.3 is 0 Å². The van der Waals surface area contributed by atoms with Crippen LogP contribution in [-0.4, -0.2) is 21.6 Å². The van der Waals surface area contributed by atoms with Crippen molar-refractivity contribution >= 4 is 5.82 Å². The fourth-order valence-corrected chi connectivity index (χ4v) is 1.77. The van der Waals surface area contributed by atoms with E-state index in [1.807, 2.05) is 31.3 Å². The molecule has 1 N–H and O–H groups in total. The van der Waals surface area contributed by atoms with Gasteiger partial charge in [-0.3, -0.25) is 4.98 Å². The van der Waals surface area contributed by atoms with Crippen molar-refractivity contribution in [3.8, 4) is 5.88 Å². The van der Waals surface area contributed by atoms with E-state index in [9.17, 15) is 0 Å². The predicted octanol–water partition coefficient (Wildman–Crippen LogP) is 3.18. The molecule has 2 aromatic rings. The summed E-state index contributed by atoms with van der Waals surface area (Å²) < 4.78 is 5.53. The molecule has 5 nitrogen and oxygen atoms in total. The number of nitrogens with one attached hydrogen (secondary N) is 1. The Morgan fingerprint density at radius 2 is 2.05 bits per heavy atom. The molecular formula is C16H22N4O. The lowest BCUT2D eigenvalue weighted by atomic mass is 9.96. The van der Waals surface area contributed by atoms with Crippen molar-refractivity contribution in [2.24, 2.45) is 0 Å². The van der Waals surface area contributed by atoms with Crippen LogP contribution in [0.15, 0.2) is 30.6 Å². The summed E-state index contributed by atoms with van der Waals surface area (Å²) in [5.74, 6) is 2.13. The van der Waals surface area contributed by atoms with Crippen molar-refractivity contribution < 1.29 is 4.74 Å². The van der Waals surface area contributed by atoms with E-state index in [1.165, 1.54) is 0 Å². The zero-order valence-electron chi connectivity index (χ0n) is 13.1. The standard InChI is InChI=1S/C16H22N4O/c1-5-21-14-9-13(19-15(20-14)16(2,3)4)18-11-12-7-6-8-17-10-12/h6-10H,5,11H2,1-4H3,(H,18,19,20). The van der Waals surface area contributed by atoms with E-state index in [-0.39, 0.29) is 5.41 Å². The Hall–Kier alpha value is -2.17. The maximum Gasteiger partial charge on any atom is 0.218 e. The molecule has 0 fully saturated rings. The van der Waals surface area contributed by atoms with Gasteiger partial charge in [-0.2, -0.15) is 4.98 Å². The van der Waals surface area contributed by atoms with Crippen molar-refractivity contribution in [1.82, 2.24) is 15.0 Å². The number of aromatic nitrogens is 3. The van der Waals surface area contributed by atoms with E-state index in [0.717, 1.165) is 17.2 Å². The number of hydrogen-bond donors (Lipinski definition) is 1. The lowest BCUT2D eigenvalue weighted by molar-refractivity contribution is 0.322. The van der Waals surface area contributed by atoms with Crippen LogP contribution in [0.1, 0.15) is 39.1 Å². The van der Waals surface area contributed by atoms with Crippen LogP contribution in [0.3, 0.4) is 0 Å². The lowest BCUT2D eigenvalue weighted by Crippen LogP contribution is -2.18. The minimum absolute atomic E-state index is 0.127. The molecule has 0 saturated heterocycles. The zero-order chi connectivity index (χ0) is 15.3. The maximum absolute atomic E-state index is 5.53. The molecule has 0 aromatic carbocycles. The van der Waals surface area contributed by atoms with Crippen LogP contribution in [0.2, 0.25) is 0 Å². The van der Waals surface area contributed by atoms with Gasteiger partial charge in [-0.1, -0.05) is 26.8 Å². The topological polar surface area (TPSA) is 59.9 Å². The van der Waals surface area contributed by atoms with Gasteiger partial charge < -0.3 is 10.1 Å². The third-order valence-corrected chi connectivity index (χ3v) is 2.86. The van der Waals surface area contributed by atoms with Crippen molar-refractivity contribution in [3.05, 3.63) is 42.0 Å². The van der Waals surface area contributed by atoms with Gasteiger partial charge in [0.25, 0.3) is 0 Å². The van der Waals surface area contributed by atoms with Gasteiger partial charge in [-0.25, -0.2) is 4.98 Å². The number of hydrogen-bond acceptors (Lipinski definition) is 5. The van der Waals surface area contributed by atoms with Crippen LogP contribution in [0.5, 0.6) is 5.88 Å². The number of anilines is 1. The smallest absolute Gasteiger partial charge is 0.218 e. The molecule has 0 atom stereocenters. The highest BCUT2D eigenvalue weighted by Crippen LogP contribution is 2.23. The average molecular weight is 286 g/mol. The van der Waals surface area contributed by atoms with Gasteiger partial charge in [0.05, 0.1) is 6.61 Å². The van der Waals surface area contributed by atoms with Crippen molar-refractivity contribution in [3.63, 3.8) is 0 Å². The normalized spacial score (nSPS) is 11.2. The first kappa shape index (κ1) is 15.2. The highest BCUT2D eigenvalue weighted by molar-refractivity contribution is 5.40. The van der Waals surface area contributed by atoms with Crippen LogP contribution < -0.4 is 10.1 Å². The second-order valence-electron chi connectivity index (χ2n) is 5.81. The monoisotopic (exact) mass is 286 g/mol. The van der Waals surface area contributed by atoms with E-state index in [4.69, 9.17) is 4.74 Å². The minimum atomic E-state index is -0.127. The van der Waals surface area contributed by atoms with Gasteiger partial charge in [0.1, 0.15) is 11.6 Å². The summed E-state index contributed by atoms with van der Waals surface area (Å²) in [6, 6.07) is 5.77. The van der Waals surface area contributed by atoms with E-state index >= 15 is 0 Å². The van der Waals surface area contributed by atoms with E-state index in [1.54, 1.807) is 6.20 Å². The first-order chi connectivity index (χ1) is 9.99. The van der Waals surface area contributed by atoms with E-state index < -0.39 is 0 Å². The molecule has 2 heterocycles. The van der Waals surface area contributed by atoms with Crippen LogP contribution in [0.4, 0.5) is 5.82 Å². The second-order valence-corrected chi connectivity index (χ2v) is 5.81. The average Bonchev–Trinajstić information content (AvgIpc) is 2.45. The second kappa shape index (κ2) is 6.52. The molecule has 21 heavy (non-hydrogen) atoms. The van der Waals surface area contributed by atoms with Crippen molar-refractivity contribution in [2.75, 3.05) is 11.9 Å². The van der Waals surface area contributed by atoms with Gasteiger partial charge in [0, 0.05) is 30.4 Å². The molecule has 0 aliphatic heterocycles. The SMILES string of the molecule is CCOc1cc(NCc2cccnc2)nc(C(C)(C)C)n1. The largest absolute Gasteiger partial charge is 0.478 e. The maximum atomic E-state index is 5.53. The quantitative estimate of drug-likeness (QED) is 0.914. The van der Waals surface area contributed by atoms with Crippen LogP contribution in [0, 0.1) is 0 Å². The third kappa shape index (κ3) is 4.41.